The van der Waals surface area contributed by atoms with E-state index in [9.17, 15) is 9.59 Å². The number of carbonyl (C=O) groups excluding carboxylic acids is 2. The van der Waals surface area contributed by atoms with E-state index in [0.717, 1.165) is 11.5 Å². The van der Waals surface area contributed by atoms with Gasteiger partial charge in [-0.15, -0.1) is 5.10 Å². The van der Waals surface area contributed by atoms with Gasteiger partial charge in [0.25, 0.3) is 5.91 Å². The lowest BCUT2D eigenvalue weighted by Gasteiger charge is -2.16. The number of aromatic nitrogens is 2. The fraction of sp³-hybridized carbons (Fsp3) is 0.600. The monoisotopic (exact) mass is 241 g/mol. The van der Waals surface area contributed by atoms with Gasteiger partial charge in [-0.3, -0.25) is 9.59 Å². The number of Topliss-reactive ketones (excluding diaryl/α,β-unsaturated/α-hetero) is 1. The minimum atomic E-state index is -0.436. The Morgan fingerprint density at radius 1 is 1.38 bits per heavy atom. The average molecular weight is 241 g/mol. The Labute approximate surface area is 98.4 Å². The first-order chi connectivity index (χ1) is 7.32. The molecule has 0 aliphatic carbocycles. The minimum Gasteiger partial charge on any atom is -0.344 e. The van der Waals surface area contributed by atoms with Gasteiger partial charge in [-0.25, -0.2) is 0 Å². The van der Waals surface area contributed by atoms with E-state index in [0.29, 0.717) is 10.6 Å². The van der Waals surface area contributed by atoms with Crippen LogP contribution in [0.15, 0.2) is 0 Å². The zero-order chi connectivity index (χ0) is 12.3. The Bertz CT molecular complexity index is 406. The molecule has 1 amide bonds. The molecule has 0 saturated carbocycles. The standard InChI is InChI=1S/C10H15N3O2S/c1-6-8(16-13-12-6)9(15)11-5-7(14)10(2,3)4/h5H2,1-4H3,(H,11,15). The van der Waals surface area contributed by atoms with Crippen LogP contribution in [0.1, 0.15) is 36.1 Å². The first kappa shape index (κ1) is 12.8. The van der Waals surface area contributed by atoms with Crippen LogP contribution in [0.2, 0.25) is 0 Å². The van der Waals surface area contributed by atoms with Crippen LogP contribution in [-0.4, -0.2) is 27.8 Å². The Kier molecular flexibility index (Phi) is 3.74. The summed E-state index contributed by atoms with van der Waals surface area (Å²) >= 11 is 1.03. The predicted octanol–water partition coefficient (Wildman–Crippen LogP) is 1.19. The second-order valence-corrected chi connectivity index (χ2v) is 5.30. The van der Waals surface area contributed by atoms with Crippen molar-refractivity contribution in [2.45, 2.75) is 27.7 Å². The molecule has 0 bridgehead atoms. The van der Waals surface area contributed by atoms with Gasteiger partial charge < -0.3 is 5.32 Å². The second kappa shape index (κ2) is 4.69. The van der Waals surface area contributed by atoms with Crippen molar-refractivity contribution in [2.24, 2.45) is 5.41 Å². The molecule has 0 fully saturated rings. The van der Waals surface area contributed by atoms with Gasteiger partial charge in [0.05, 0.1) is 12.2 Å². The summed E-state index contributed by atoms with van der Waals surface area (Å²) in [6.45, 7) is 7.21. The van der Waals surface area contributed by atoms with Gasteiger partial charge in [0, 0.05) is 5.41 Å². The molecule has 0 aliphatic heterocycles. The molecule has 0 aliphatic rings. The summed E-state index contributed by atoms with van der Waals surface area (Å²) in [6.07, 6.45) is 0. The molecule has 88 valence electrons. The van der Waals surface area contributed by atoms with Gasteiger partial charge in [-0.05, 0) is 18.5 Å². The molecule has 1 heterocycles. The van der Waals surface area contributed by atoms with E-state index < -0.39 is 5.41 Å². The highest BCUT2D eigenvalue weighted by molar-refractivity contribution is 7.08. The number of amides is 1. The molecule has 16 heavy (non-hydrogen) atoms. The maximum Gasteiger partial charge on any atom is 0.265 e. The van der Waals surface area contributed by atoms with Crippen molar-refractivity contribution in [1.82, 2.24) is 14.9 Å². The molecule has 0 aromatic carbocycles. The summed E-state index contributed by atoms with van der Waals surface area (Å²) in [5, 5.41) is 6.31. The third-order valence-electron chi connectivity index (χ3n) is 2.10. The van der Waals surface area contributed by atoms with E-state index in [1.165, 1.54) is 0 Å². The Balaban J connectivity index is 2.55. The molecule has 0 radical (unpaired) electrons. The number of hydrogen-bond donors (Lipinski definition) is 1. The average Bonchev–Trinajstić information content (AvgIpc) is 2.58. The van der Waals surface area contributed by atoms with E-state index in [2.05, 4.69) is 14.9 Å². The highest BCUT2D eigenvalue weighted by Crippen LogP contribution is 2.14. The number of rotatable bonds is 3. The Morgan fingerprint density at radius 3 is 2.44 bits per heavy atom. The van der Waals surface area contributed by atoms with Gasteiger partial charge in [-0.1, -0.05) is 25.3 Å². The summed E-state index contributed by atoms with van der Waals surface area (Å²) in [7, 11) is 0. The molecule has 0 spiro atoms. The molecular formula is C10H15N3O2S. The first-order valence-electron chi connectivity index (χ1n) is 4.93. The zero-order valence-corrected chi connectivity index (χ0v) is 10.6. The van der Waals surface area contributed by atoms with E-state index in [4.69, 9.17) is 0 Å². The molecule has 0 saturated heterocycles. The smallest absolute Gasteiger partial charge is 0.265 e. The van der Waals surface area contributed by atoms with Gasteiger partial charge in [0.15, 0.2) is 5.78 Å². The molecule has 1 aromatic rings. The van der Waals surface area contributed by atoms with Gasteiger partial charge in [0.2, 0.25) is 0 Å². The molecule has 6 heteroatoms. The third-order valence-corrected chi connectivity index (χ3v) is 2.93. The molecule has 0 atom stereocenters. The van der Waals surface area contributed by atoms with Gasteiger partial charge >= 0.3 is 0 Å². The van der Waals surface area contributed by atoms with Crippen LogP contribution < -0.4 is 5.32 Å². The Hall–Kier alpha value is -1.30. The second-order valence-electron chi connectivity index (χ2n) is 4.54. The molecular weight excluding hydrogens is 226 g/mol. The predicted molar refractivity (Wildman–Crippen MR) is 61.4 cm³/mol. The lowest BCUT2D eigenvalue weighted by atomic mass is 9.91. The summed E-state index contributed by atoms with van der Waals surface area (Å²) in [5.74, 6) is -0.291. The molecule has 0 unspecified atom stereocenters. The fourth-order valence-electron chi connectivity index (χ4n) is 0.946. The number of carbonyl (C=O) groups is 2. The van der Waals surface area contributed by atoms with Crippen LogP contribution in [0.4, 0.5) is 0 Å². The maximum absolute atomic E-state index is 11.6. The lowest BCUT2D eigenvalue weighted by molar-refractivity contribution is -0.125. The maximum atomic E-state index is 11.6. The number of hydrogen-bond acceptors (Lipinski definition) is 5. The SMILES string of the molecule is Cc1nnsc1C(=O)NCC(=O)C(C)(C)C. The topological polar surface area (TPSA) is 72.0 Å². The van der Waals surface area contributed by atoms with Crippen LogP contribution in [0, 0.1) is 12.3 Å². The molecule has 1 aromatic heterocycles. The summed E-state index contributed by atoms with van der Waals surface area (Å²) in [6, 6.07) is 0. The quantitative estimate of drug-likeness (QED) is 0.862. The van der Waals surface area contributed by atoms with E-state index in [-0.39, 0.29) is 18.2 Å². The van der Waals surface area contributed by atoms with Gasteiger partial charge in [-0.2, -0.15) is 0 Å². The highest BCUT2D eigenvalue weighted by Gasteiger charge is 2.22. The minimum absolute atomic E-state index is 0.00372. The van der Waals surface area contributed by atoms with Crippen LogP contribution in [-0.2, 0) is 4.79 Å². The Morgan fingerprint density at radius 2 is 2.00 bits per heavy atom. The molecule has 1 N–H and O–H groups in total. The molecule has 5 nitrogen and oxygen atoms in total. The largest absolute Gasteiger partial charge is 0.344 e. The van der Waals surface area contributed by atoms with Crippen LogP contribution in [0.5, 0.6) is 0 Å². The van der Waals surface area contributed by atoms with E-state index in [1.54, 1.807) is 6.92 Å². The van der Waals surface area contributed by atoms with Crippen LogP contribution in [0.25, 0.3) is 0 Å². The van der Waals surface area contributed by atoms with Gasteiger partial charge in [0.1, 0.15) is 4.88 Å². The lowest BCUT2D eigenvalue weighted by Crippen LogP contribution is -2.35. The van der Waals surface area contributed by atoms with Crippen molar-refractivity contribution in [1.29, 1.82) is 0 Å². The zero-order valence-electron chi connectivity index (χ0n) is 9.83. The summed E-state index contributed by atoms with van der Waals surface area (Å²) in [5.41, 5.74) is 0.152. The van der Waals surface area contributed by atoms with Crippen molar-refractivity contribution in [3.8, 4) is 0 Å². The molecule has 1 rings (SSSR count). The normalized spacial score (nSPS) is 11.2. The number of nitrogens with one attached hydrogen (secondary N) is 1. The summed E-state index contributed by atoms with van der Waals surface area (Å²) < 4.78 is 3.66. The first-order valence-corrected chi connectivity index (χ1v) is 5.70. The number of ketones is 1. The third kappa shape index (κ3) is 3.10. The highest BCUT2D eigenvalue weighted by atomic mass is 32.1. The van der Waals surface area contributed by atoms with E-state index >= 15 is 0 Å². The fourth-order valence-corrected chi connectivity index (χ4v) is 1.52. The number of aryl methyl sites for hydroxylation is 1. The van der Waals surface area contributed by atoms with Crippen molar-refractivity contribution < 1.29 is 9.59 Å². The summed E-state index contributed by atoms with van der Waals surface area (Å²) in [4.78, 5) is 23.7. The van der Waals surface area contributed by atoms with Crippen LogP contribution >= 0.6 is 11.5 Å². The number of nitrogens with zero attached hydrogens (tertiary/aromatic N) is 2. The van der Waals surface area contributed by atoms with Crippen LogP contribution in [0.3, 0.4) is 0 Å². The van der Waals surface area contributed by atoms with Crippen molar-refractivity contribution in [3.63, 3.8) is 0 Å². The van der Waals surface area contributed by atoms with Crippen molar-refractivity contribution in [2.75, 3.05) is 6.54 Å². The van der Waals surface area contributed by atoms with E-state index in [1.807, 2.05) is 20.8 Å². The van der Waals surface area contributed by atoms with Crippen molar-refractivity contribution >= 4 is 23.2 Å². The van der Waals surface area contributed by atoms with Crippen molar-refractivity contribution in [3.05, 3.63) is 10.6 Å².